The average Bonchev–Trinajstić information content (AvgIpc) is 3.05. The average molecular weight is 721 g/mol. The first kappa shape index (κ1) is 39.4. The van der Waals surface area contributed by atoms with Gasteiger partial charge in [-0.1, -0.05) is 23.3 Å². The van der Waals surface area contributed by atoms with Gasteiger partial charge in [-0.15, -0.1) is 0 Å². The van der Waals surface area contributed by atoms with Gasteiger partial charge in [0, 0.05) is 31.2 Å². The number of rotatable bonds is 16. The van der Waals surface area contributed by atoms with E-state index >= 15 is 0 Å². The van der Waals surface area contributed by atoms with Crippen LogP contribution < -0.4 is 14.9 Å². The lowest BCUT2D eigenvalue weighted by Crippen LogP contribution is -2.67. The number of pyridine rings is 1. The third-order valence-corrected chi connectivity index (χ3v) is 8.05. The van der Waals surface area contributed by atoms with Crippen LogP contribution in [0.25, 0.3) is 10.4 Å². The number of carbonyl (C=O) groups excluding carboxylic acids is 5. The van der Waals surface area contributed by atoms with Gasteiger partial charge in [-0.3, -0.25) is 28.7 Å². The van der Waals surface area contributed by atoms with E-state index < -0.39 is 93.5 Å². The zero-order valence-corrected chi connectivity index (χ0v) is 28.6. The first-order valence-corrected chi connectivity index (χ1v) is 16.6. The van der Waals surface area contributed by atoms with E-state index in [2.05, 4.69) is 25.4 Å². The highest BCUT2D eigenvalue weighted by molar-refractivity contribution is 7.52. The number of nitrogens with zero attached hydrogens (tertiary/aromatic N) is 4. The van der Waals surface area contributed by atoms with Crippen molar-refractivity contribution in [2.75, 3.05) is 13.2 Å². The number of hydrogen-bond donors (Lipinski definition) is 2. The smallest absolute Gasteiger partial charge is 0.459 e. The fourth-order valence-corrected chi connectivity index (χ4v) is 5.95. The summed E-state index contributed by atoms with van der Waals surface area (Å²) in [7, 11) is -4.53. The summed E-state index contributed by atoms with van der Waals surface area (Å²) in [6.07, 6.45) is -4.43. The van der Waals surface area contributed by atoms with Gasteiger partial charge in [0.15, 0.2) is 12.2 Å². The van der Waals surface area contributed by atoms with Crippen LogP contribution in [0.5, 0.6) is 5.75 Å². The van der Waals surface area contributed by atoms with Crippen LogP contribution in [0, 0.1) is 0 Å². The van der Waals surface area contributed by atoms with Gasteiger partial charge in [0.25, 0.3) is 0 Å². The van der Waals surface area contributed by atoms with Crippen molar-refractivity contribution in [3.63, 3.8) is 0 Å². The van der Waals surface area contributed by atoms with Gasteiger partial charge >= 0.3 is 31.6 Å². The number of carbonyl (C=O) groups is 5. The third-order valence-electron chi connectivity index (χ3n) is 6.41. The molecule has 0 spiro atoms. The number of esters is 4. The Morgan fingerprint density at radius 3 is 2.28 bits per heavy atom. The zero-order chi connectivity index (χ0) is 36.8. The van der Waals surface area contributed by atoms with Crippen molar-refractivity contribution >= 4 is 37.5 Å². The molecular formula is C30H37N6O13P. The molecule has 1 aliphatic heterocycles. The van der Waals surface area contributed by atoms with Crippen LogP contribution in [0.1, 0.15) is 45.0 Å². The molecule has 50 heavy (non-hydrogen) atoms. The highest BCUT2D eigenvalue weighted by Gasteiger charge is 2.53. The number of azide groups is 1. The number of ether oxygens (including phenoxy) is 5. The van der Waals surface area contributed by atoms with Crippen molar-refractivity contribution in [2.24, 2.45) is 5.11 Å². The molecule has 0 bridgehead atoms. The van der Waals surface area contributed by atoms with Gasteiger partial charge in [0.05, 0.1) is 18.3 Å². The summed E-state index contributed by atoms with van der Waals surface area (Å²) in [5.41, 5.74) is 8.65. The second-order valence-electron chi connectivity index (χ2n) is 10.9. The third kappa shape index (κ3) is 12.1. The normalized spacial score (nSPS) is 21.7. The summed E-state index contributed by atoms with van der Waals surface area (Å²) in [6, 6.07) is 7.88. The molecule has 2 aromatic rings. The second-order valence-corrected chi connectivity index (χ2v) is 12.5. The number of aromatic nitrogens is 1. The monoisotopic (exact) mass is 720 g/mol. The molecule has 1 aromatic heterocycles. The van der Waals surface area contributed by atoms with E-state index in [0.29, 0.717) is 0 Å². The van der Waals surface area contributed by atoms with Crippen molar-refractivity contribution in [3.05, 3.63) is 70.9 Å². The summed E-state index contributed by atoms with van der Waals surface area (Å²) in [6.45, 7) is 5.21. The number of benzene rings is 1. The molecule has 2 N–H and O–H groups in total. The predicted molar refractivity (Wildman–Crippen MR) is 170 cm³/mol. The Labute approximate surface area is 286 Å². The lowest BCUT2D eigenvalue weighted by Gasteiger charge is -2.44. The van der Waals surface area contributed by atoms with E-state index in [9.17, 15) is 28.5 Å². The van der Waals surface area contributed by atoms with E-state index in [1.54, 1.807) is 32.0 Å². The summed E-state index contributed by atoms with van der Waals surface area (Å²) in [5, 5.41) is 8.12. The van der Waals surface area contributed by atoms with Crippen molar-refractivity contribution in [1.29, 1.82) is 0 Å². The van der Waals surface area contributed by atoms with Crippen LogP contribution in [0.2, 0.25) is 0 Å². The Morgan fingerprint density at radius 2 is 1.68 bits per heavy atom. The molecule has 0 radical (unpaired) electrons. The molecule has 1 saturated heterocycles. The maximum absolute atomic E-state index is 14.2. The highest BCUT2D eigenvalue weighted by Crippen LogP contribution is 2.46. The van der Waals surface area contributed by atoms with Crippen LogP contribution in [0.15, 0.2) is 60.0 Å². The van der Waals surface area contributed by atoms with Gasteiger partial charge in [-0.25, -0.2) is 9.36 Å². The molecule has 1 fully saturated rings. The zero-order valence-electron chi connectivity index (χ0n) is 27.7. The maximum atomic E-state index is 14.2. The molecule has 3 rings (SSSR count). The number of hydrogen-bond acceptors (Lipinski definition) is 15. The summed E-state index contributed by atoms with van der Waals surface area (Å²) in [5.74, 6) is -4.38. The number of nitrogens with one attached hydrogen (secondary N) is 2. The topological polar surface area (TPSA) is 253 Å². The molecular weight excluding hydrogens is 683 g/mol. The summed E-state index contributed by atoms with van der Waals surface area (Å²) >= 11 is 0. The Hall–Kier alpha value is -5.06. The van der Waals surface area contributed by atoms with Crippen LogP contribution >= 0.6 is 7.75 Å². The number of para-hydroxylation sites is 1. The molecule has 2 unspecified atom stereocenters. The fourth-order valence-electron chi connectivity index (χ4n) is 4.45. The quantitative estimate of drug-likeness (QED) is 0.0631. The lowest BCUT2D eigenvalue weighted by atomic mass is 9.96. The standard InChI is InChI=1S/C30H37N6O13P/c1-17(2)44-28(40)18(3)35-50(42,49-22-11-7-6-8-12-22)43-16-23-26(45-19(4)37)27(46-20(5)38)25(34-24(39)15-33-36-31)30(47-23)48-29(41)21-10-9-13-32-14-21/h6-14,17-18,23,25-27,30H,15-16H2,1-5H3,(H,34,39)(H,35,42)/t18-,23+,25-,26+,27+,30?,50?/m0/s1. The number of amides is 1. The SMILES string of the molecule is CC(=O)O[C@H]1[C@H](OC(C)=O)[C@@H](COP(=O)(N[C@@H](C)C(=O)OC(C)C)Oc2ccccc2)OC(OC(=O)c2cccnc2)[C@H]1NC(=O)CN=[N+]=[N-]. The van der Waals surface area contributed by atoms with Crippen molar-refractivity contribution in [3.8, 4) is 5.75 Å². The molecule has 1 aliphatic rings. The minimum atomic E-state index is -4.53. The Kier molecular flexibility index (Phi) is 14.7. The van der Waals surface area contributed by atoms with Crippen molar-refractivity contribution < 1.29 is 61.3 Å². The predicted octanol–water partition coefficient (Wildman–Crippen LogP) is 2.76. The fraction of sp³-hybridized carbons (Fsp3) is 0.467. The van der Waals surface area contributed by atoms with Gasteiger partial charge in [-0.05, 0) is 50.6 Å². The molecule has 0 aliphatic carbocycles. The maximum Gasteiger partial charge on any atom is 0.459 e. The lowest BCUT2D eigenvalue weighted by molar-refractivity contribution is -0.261. The van der Waals surface area contributed by atoms with Gasteiger partial charge in [-0.2, -0.15) is 5.09 Å². The molecule has 270 valence electrons. The Bertz CT molecular complexity index is 1590. The molecule has 7 atom stereocenters. The van der Waals surface area contributed by atoms with E-state index in [1.807, 2.05) is 0 Å². The Morgan fingerprint density at radius 1 is 1.00 bits per heavy atom. The van der Waals surface area contributed by atoms with Crippen molar-refractivity contribution in [2.45, 2.75) is 77.4 Å². The van der Waals surface area contributed by atoms with Gasteiger partial charge in [0.2, 0.25) is 12.2 Å². The van der Waals surface area contributed by atoms with E-state index in [4.69, 9.17) is 38.3 Å². The first-order valence-electron chi connectivity index (χ1n) is 15.1. The van der Waals surface area contributed by atoms with Crippen LogP contribution in [0.4, 0.5) is 0 Å². The minimum Gasteiger partial charge on any atom is -0.462 e. The Balaban J connectivity index is 2.03. The highest BCUT2D eigenvalue weighted by atomic mass is 31.2. The molecule has 1 aromatic carbocycles. The molecule has 2 heterocycles. The van der Waals surface area contributed by atoms with Crippen LogP contribution in [-0.2, 0) is 52.0 Å². The first-order chi connectivity index (χ1) is 23.7. The summed E-state index contributed by atoms with van der Waals surface area (Å²) in [4.78, 5) is 69.5. The van der Waals surface area contributed by atoms with Crippen LogP contribution in [0.3, 0.4) is 0 Å². The van der Waals surface area contributed by atoms with Gasteiger partial charge in [0.1, 0.15) is 30.5 Å². The summed E-state index contributed by atoms with van der Waals surface area (Å²) < 4.78 is 53.3. The van der Waals surface area contributed by atoms with Crippen molar-refractivity contribution in [1.82, 2.24) is 15.4 Å². The molecule has 0 saturated carbocycles. The van der Waals surface area contributed by atoms with Crippen LogP contribution in [-0.4, -0.2) is 90.7 Å². The minimum absolute atomic E-state index is 0.0264. The molecule has 1 amide bonds. The second kappa shape index (κ2) is 18.6. The van der Waals surface area contributed by atoms with E-state index in [0.717, 1.165) is 13.8 Å². The van der Waals surface area contributed by atoms with Gasteiger partial charge < -0.3 is 33.5 Å². The molecule has 20 heteroatoms. The van der Waals surface area contributed by atoms with E-state index in [1.165, 1.54) is 43.6 Å². The largest absolute Gasteiger partial charge is 0.462 e. The molecule has 19 nitrogen and oxygen atoms in total. The van der Waals surface area contributed by atoms with E-state index in [-0.39, 0.29) is 11.3 Å².